The Labute approximate surface area is 183 Å². The van der Waals surface area contributed by atoms with Crippen LogP contribution < -0.4 is 10.2 Å². The minimum absolute atomic E-state index is 0.0523. The van der Waals surface area contributed by atoms with Gasteiger partial charge in [-0.25, -0.2) is 12.7 Å². The van der Waals surface area contributed by atoms with E-state index in [-0.39, 0.29) is 16.5 Å². The highest BCUT2D eigenvalue weighted by Crippen LogP contribution is 2.30. The van der Waals surface area contributed by atoms with Gasteiger partial charge in [0.25, 0.3) is 15.9 Å². The van der Waals surface area contributed by atoms with Crippen molar-refractivity contribution in [3.63, 3.8) is 0 Å². The van der Waals surface area contributed by atoms with Gasteiger partial charge in [-0.1, -0.05) is 31.2 Å². The lowest BCUT2D eigenvalue weighted by atomic mass is 9.99. The van der Waals surface area contributed by atoms with Gasteiger partial charge in [-0.15, -0.1) is 0 Å². The van der Waals surface area contributed by atoms with Gasteiger partial charge in [0, 0.05) is 18.8 Å². The zero-order valence-corrected chi connectivity index (χ0v) is 18.6. The molecule has 2 atom stereocenters. The topological polar surface area (TPSA) is 86.8 Å². The normalized spacial score (nSPS) is 21.0. The molecule has 0 aromatic heterocycles. The average Bonchev–Trinajstić information content (AvgIpc) is 2.95. The Morgan fingerprint density at radius 3 is 2.55 bits per heavy atom. The smallest absolute Gasteiger partial charge is 0.269 e. The van der Waals surface area contributed by atoms with Crippen molar-refractivity contribution in [2.75, 3.05) is 24.5 Å². The van der Waals surface area contributed by atoms with Crippen molar-refractivity contribution in [1.29, 1.82) is 0 Å². The summed E-state index contributed by atoms with van der Waals surface area (Å²) >= 11 is 0. The second-order valence-corrected chi connectivity index (χ2v) is 10.2. The lowest BCUT2D eigenvalue weighted by Gasteiger charge is -2.33. The summed E-state index contributed by atoms with van der Waals surface area (Å²) in [5, 5.41) is 2.80. The third kappa shape index (κ3) is 4.17. The maximum absolute atomic E-state index is 12.6. The predicted molar refractivity (Wildman–Crippen MR) is 118 cm³/mol. The number of anilines is 1. The first-order valence-electron chi connectivity index (χ1n) is 10.6. The number of fused-ring (bicyclic) bond motifs is 1. The zero-order chi connectivity index (χ0) is 22.2. The third-order valence-corrected chi connectivity index (χ3v) is 7.78. The highest BCUT2D eigenvalue weighted by atomic mass is 32.2. The van der Waals surface area contributed by atoms with Gasteiger partial charge < -0.3 is 10.2 Å². The van der Waals surface area contributed by atoms with Gasteiger partial charge in [0.15, 0.2) is 0 Å². The van der Waals surface area contributed by atoms with Crippen LogP contribution in [0.25, 0.3) is 0 Å². The van der Waals surface area contributed by atoms with Crippen LogP contribution >= 0.6 is 0 Å². The van der Waals surface area contributed by atoms with Gasteiger partial charge in [-0.05, 0) is 55.5 Å². The highest BCUT2D eigenvalue weighted by Gasteiger charge is 2.41. The molecule has 0 saturated carbocycles. The van der Waals surface area contributed by atoms with Crippen LogP contribution in [0.2, 0.25) is 0 Å². The number of benzene rings is 2. The second kappa shape index (κ2) is 8.34. The number of hydrogen-bond acceptors (Lipinski definition) is 5. The van der Waals surface area contributed by atoms with Crippen LogP contribution in [-0.4, -0.2) is 44.2 Å². The maximum atomic E-state index is 12.6. The van der Waals surface area contributed by atoms with Crippen LogP contribution in [-0.2, 0) is 14.8 Å². The maximum Gasteiger partial charge on any atom is 0.269 e. The molecule has 2 heterocycles. The van der Waals surface area contributed by atoms with Crippen molar-refractivity contribution in [2.24, 2.45) is 5.92 Å². The van der Waals surface area contributed by atoms with E-state index < -0.39 is 28.4 Å². The first-order chi connectivity index (χ1) is 14.8. The van der Waals surface area contributed by atoms with Crippen molar-refractivity contribution >= 4 is 27.5 Å². The minimum atomic E-state index is -4.00. The van der Waals surface area contributed by atoms with Crippen molar-refractivity contribution in [1.82, 2.24) is 9.62 Å². The summed E-state index contributed by atoms with van der Waals surface area (Å²) in [6.07, 6.45) is 2.45. The number of nitrogens with one attached hydrogen (secondary N) is 1. The number of carbonyl (C=O) groups is 2. The lowest BCUT2D eigenvalue weighted by molar-refractivity contribution is -0.121. The SMILES string of the molecule is C[C@H]1CCCN(c2ccc([C@@H](C)NC(=O)CN3C(=O)c4ccccc4S3(=O)=O)cc2)C1. The molecule has 0 unspecified atom stereocenters. The molecule has 0 spiro atoms. The Kier molecular flexibility index (Phi) is 5.75. The molecule has 1 fully saturated rings. The Morgan fingerprint density at radius 1 is 1.16 bits per heavy atom. The molecule has 2 amide bonds. The summed E-state index contributed by atoms with van der Waals surface area (Å²) < 4.78 is 25.9. The molecular weight excluding hydrogens is 414 g/mol. The van der Waals surface area contributed by atoms with Gasteiger partial charge >= 0.3 is 0 Å². The molecular formula is C23H27N3O4S. The number of rotatable bonds is 5. The number of amides is 2. The number of nitrogens with zero attached hydrogens (tertiary/aromatic N) is 2. The van der Waals surface area contributed by atoms with Gasteiger partial charge in [0.1, 0.15) is 11.4 Å². The van der Waals surface area contributed by atoms with E-state index in [4.69, 9.17) is 0 Å². The van der Waals surface area contributed by atoms with Crippen molar-refractivity contribution in [2.45, 2.75) is 37.6 Å². The molecule has 2 aromatic carbocycles. The fourth-order valence-corrected chi connectivity index (χ4v) is 5.81. The van der Waals surface area contributed by atoms with Crippen LogP contribution in [0.5, 0.6) is 0 Å². The molecule has 164 valence electrons. The zero-order valence-electron chi connectivity index (χ0n) is 17.7. The molecule has 2 aromatic rings. The number of piperidine rings is 1. The molecule has 2 aliphatic rings. The fraction of sp³-hybridized carbons (Fsp3) is 0.391. The van der Waals surface area contributed by atoms with E-state index in [1.165, 1.54) is 30.7 Å². The molecule has 1 saturated heterocycles. The van der Waals surface area contributed by atoms with E-state index in [0.717, 1.165) is 18.7 Å². The summed E-state index contributed by atoms with van der Waals surface area (Å²) in [5.41, 5.74) is 2.19. The predicted octanol–water partition coefficient (Wildman–Crippen LogP) is 2.94. The van der Waals surface area contributed by atoms with E-state index in [9.17, 15) is 18.0 Å². The molecule has 2 aliphatic heterocycles. The standard InChI is InChI=1S/C23H27N3O4S/c1-16-6-5-13-25(14-16)19-11-9-18(10-12-19)17(2)24-22(27)15-26-23(28)20-7-3-4-8-21(20)31(26,29)30/h3-4,7-12,16-17H,5-6,13-15H2,1-2H3,(H,24,27)/t16-,17+/m0/s1. The first-order valence-corrected chi connectivity index (χ1v) is 12.0. The molecule has 1 N–H and O–H groups in total. The van der Waals surface area contributed by atoms with Gasteiger partial charge in [0.2, 0.25) is 5.91 Å². The summed E-state index contributed by atoms with van der Waals surface area (Å²) in [7, 11) is -4.00. The number of carbonyl (C=O) groups excluding carboxylic acids is 2. The molecule has 0 bridgehead atoms. The Hall–Kier alpha value is -2.87. The molecule has 7 nitrogen and oxygen atoms in total. The number of hydrogen-bond donors (Lipinski definition) is 1. The molecule has 31 heavy (non-hydrogen) atoms. The van der Waals surface area contributed by atoms with Crippen molar-refractivity contribution in [3.8, 4) is 0 Å². The van der Waals surface area contributed by atoms with Crippen LogP contribution in [0.3, 0.4) is 0 Å². The first kappa shape index (κ1) is 21.4. The van der Waals surface area contributed by atoms with Crippen LogP contribution in [0.1, 0.15) is 48.7 Å². The van der Waals surface area contributed by atoms with Crippen molar-refractivity contribution in [3.05, 3.63) is 59.7 Å². The summed E-state index contributed by atoms with van der Waals surface area (Å²) in [5.74, 6) is -0.507. The average molecular weight is 442 g/mol. The van der Waals surface area contributed by atoms with Gasteiger partial charge in [-0.3, -0.25) is 9.59 Å². The van der Waals surface area contributed by atoms with E-state index in [1.54, 1.807) is 12.1 Å². The largest absolute Gasteiger partial charge is 0.371 e. The molecule has 4 rings (SSSR count). The van der Waals surface area contributed by atoms with E-state index in [2.05, 4.69) is 29.3 Å². The van der Waals surface area contributed by atoms with E-state index in [1.807, 2.05) is 19.1 Å². The quantitative estimate of drug-likeness (QED) is 0.771. The van der Waals surface area contributed by atoms with Gasteiger partial charge in [0.05, 0.1) is 11.6 Å². The lowest BCUT2D eigenvalue weighted by Crippen LogP contribution is -2.41. The third-order valence-electron chi connectivity index (χ3n) is 5.99. The van der Waals surface area contributed by atoms with E-state index in [0.29, 0.717) is 10.2 Å². The van der Waals surface area contributed by atoms with E-state index >= 15 is 0 Å². The highest BCUT2D eigenvalue weighted by molar-refractivity contribution is 7.90. The summed E-state index contributed by atoms with van der Waals surface area (Å²) in [4.78, 5) is 27.3. The summed E-state index contributed by atoms with van der Waals surface area (Å²) in [6.45, 7) is 5.67. The van der Waals surface area contributed by atoms with Crippen LogP contribution in [0, 0.1) is 5.92 Å². The Balaban J connectivity index is 1.40. The van der Waals surface area contributed by atoms with Crippen LogP contribution in [0.15, 0.2) is 53.4 Å². The molecule has 8 heteroatoms. The van der Waals surface area contributed by atoms with Crippen LogP contribution in [0.4, 0.5) is 5.69 Å². The fourth-order valence-electron chi connectivity index (χ4n) is 4.29. The number of sulfonamides is 1. The summed E-state index contributed by atoms with van der Waals surface area (Å²) in [6, 6.07) is 13.8. The minimum Gasteiger partial charge on any atom is -0.371 e. The Bertz CT molecular complexity index is 1100. The Morgan fingerprint density at radius 2 is 1.87 bits per heavy atom. The van der Waals surface area contributed by atoms with Gasteiger partial charge in [-0.2, -0.15) is 0 Å². The van der Waals surface area contributed by atoms with Crippen molar-refractivity contribution < 1.29 is 18.0 Å². The monoisotopic (exact) mass is 441 g/mol. The molecule has 0 radical (unpaired) electrons. The molecule has 0 aliphatic carbocycles. The second-order valence-electron chi connectivity index (χ2n) is 8.39.